The zero-order chi connectivity index (χ0) is 10.7. The maximum absolute atomic E-state index is 5.97. The van der Waals surface area contributed by atoms with Crippen molar-refractivity contribution in [3.05, 3.63) is 35.9 Å². The van der Waals surface area contributed by atoms with Gasteiger partial charge in [-0.05, 0) is 12.6 Å². The van der Waals surface area contributed by atoms with E-state index >= 15 is 0 Å². The van der Waals surface area contributed by atoms with E-state index in [2.05, 4.69) is 24.1 Å². The van der Waals surface area contributed by atoms with Crippen molar-refractivity contribution in [1.82, 2.24) is 4.90 Å². The lowest BCUT2D eigenvalue weighted by Gasteiger charge is -2.15. The van der Waals surface area contributed by atoms with E-state index in [-0.39, 0.29) is 12.1 Å². The average molecular weight is 206 g/mol. The molecule has 0 amide bonds. The third-order valence-corrected chi connectivity index (χ3v) is 2.80. The van der Waals surface area contributed by atoms with Crippen LogP contribution in [-0.4, -0.2) is 37.2 Å². The Kier molecular flexibility index (Phi) is 3.36. The topological polar surface area (TPSA) is 38.5 Å². The zero-order valence-corrected chi connectivity index (χ0v) is 9.10. The first-order valence-corrected chi connectivity index (χ1v) is 5.35. The Labute approximate surface area is 90.8 Å². The average Bonchev–Trinajstić information content (AvgIpc) is 2.56. The molecule has 0 unspecified atom stereocenters. The minimum atomic E-state index is 0.152. The Morgan fingerprint density at radius 3 is 2.67 bits per heavy atom. The molecule has 1 aliphatic heterocycles. The van der Waals surface area contributed by atoms with E-state index < -0.39 is 0 Å². The van der Waals surface area contributed by atoms with Gasteiger partial charge in [-0.2, -0.15) is 0 Å². The summed E-state index contributed by atoms with van der Waals surface area (Å²) < 4.78 is 5.81. The quantitative estimate of drug-likeness (QED) is 0.796. The van der Waals surface area contributed by atoms with E-state index in [4.69, 9.17) is 10.5 Å². The molecule has 1 saturated heterocycles. The lowest BCUT2D eigenvalue weighted by Crippen LogP contribution is -2.35. The van der Waals surface area contributed by atoms with Gasteiger partial charge in [-0.3, -0.25) is 0 Å². The highest BCUT2D eigenvalue weighted by Gasteiger charge is 2.28. The number of benzene rings is 1. The van der Waals surface area contributed by atoms with Crippen LogP contribution in [0, 0.1) is 0 Å². The molecule has 0 radical (unpaired) electrons. The number of rotatable bonds is 3. The summed E-state index contributed by atoms with van der Waals surface area (Å²) in [7, 11) is 2.08. The van der Waals surface area contributed by atoms with Crippen molar-refractivity contribution in [1.29, 1.82) is 0 Å². The molecule has 0 aliphatic carbocycles. The van der Waals surface area contributed by atoms with Crippen LogP contribution in [0.5, 0.6) is 0 Å². The van der Waals surface area contributed by atoms with Crippen molar-refractivity contribution in [2.75, 3.05) is 20.1 Å². The molecular formula is C12H18N2O. The summed E-state index contributed by atoms with van der Waals surface area (Å²) >= 11 is 0. The molecule has 1 aromatic rings. The predicted octanol–water partition coefficient (Wildman–Crippen LogP) is 0.844. The summed E-state index contributed by atoms with van der Waals surface area (Å²) in [5, 5.41) is 0. The van der Waals surface area contributed by atoms with Crippen LogP contribution in [0.4, 0.5) is 0 Å². The fraction of sp³-hybridized carbons (Fsp3) is 0.500. The lowest BCUT2D eigenvalue weighted by atomic mass is 10.2. The summed E-state index contributed by atoms with van der Waals surface area (Å²) in [5.41, 5.74) is 7.17. The number of likely N-dealkylation sites (tertiary alicyclic amines) is 1. The Morgan fingerprint density at radius 2 is 2.07 bits per heavy atom. The van der Waals surface area contributed by atoms with E-state index in [0.717, 1.165) is 13.1 Å². The summed E-state index contributed by atoms with van der Waals surface area (Å²) in [5.74, 6) is 0. The minimum Gasteiger partial charge on any atom is -0.371 e. The van der Waals surface area contributed by atoms with Crippen LogP contribution in [0.2, 0.25) is 0 Å². The minimum absolute atomic E-state index is 0.152. The van der Waals surface area contributed by atoms with Gasteiger partial charge in [-0.25, -0.2) is 0 Å². The number of nitrogens with zero attached hydrogens (tertiary/aromatic N) is 1. The molecule has 1 aliphatic rings. The van der Waals surface area contributed by atoms with E-state index in [9.17, 15) is 0 Å². The molecule has 3 nitrogen and oxygen atoms in total. The Hall–Kier alpha value is -0.900. The maximum Gasteiger partial charge on any atom is 0.0869 e. The molecule has 3 heteroatoms. The van der Waals surface area contributed by atoms with Crippen LogP contribution >= 0.6 is 0 Å². The molecule has 15 heavy (non-hydrogen) atoms. The third kappa shape index (κ3) is 2.78. The zero-order valence-electron chi connectivity index (χ0n) is 9.10. The summed E-state index contributed by atoms with van der Waals surface area (Å²) in [6.45, 7) is 2.53. The van der Waals surface area contributed by atoms with Gasteiger partial charge in [0.25, 0.3) is 0 Å². The number of likely N-dealkylation sites (N-methyl/N-ethyl adjacent to an activating group) is 1. The second-order valence-corrected chi connectivity index (χ2v) is 4.22. The van der Waals surface area contributed by atoms with Gasteiger partial charge in [0.2, 0.25) is 0 Å². The molecular weight excluding hydrogens is 188 g/mol. The molecule has 0 bridgehead atoms. The summed E-state index contributed by atoms with van der Waals surface area (Å²) in [6, 6.07) is 10.4. The van der Waals surface area contributed by atoms with E-state index in [1.54, 1.807) is 0 Å². The molecule has 1 aromatic carbocycles. The molecule has 0 spiro atoms. The second kappa shape index (κ2) is 4.75. The molecule has 1 fully saturated rings. The summed E-state index contributed by atoms with van der Waals surface area (Å²) in [4.78, 5) is 2.21. The van der Waals surface area contributed by atoms with E-state index in [1.165, 1.54) is 5.56 Å². The maximum atomic E-state index is 5.97. The number of ether oxygens (including phenoxy) is 1. The molecule has 2 rings (SSSR count). The number of nitrogens with two attached hydrogens (primary N) is 1. The van der Waals surface area contributed by atoms with Crippen LogP contribution in [0.1, 0.15) is 5.56 Å². The molecule has 0 aromatic heterocycles. The molecule has 0 saturated carbocycles. The van der Waals surface area contributed by atoms with Gasteiger partial charge in [-0.15, -0.1) is 0 Å². The second-order valence-electron chi connectivity index (χ2n) is 4.22. The Bertz CT molecular complexity index is 302. The first kappa shape index (κ1) is 10.6. The smallest absolute Gasteiger partial charge is 0.0869 e. The van der Waals surface area contributed by atoms with E-state index in [1.807, 2.05) is 18.2 Å². The van der Waals surface area contributed by atoms with Crippen LogP contribution in [0.15, 0.2) is 30.3 Å². The van der Waals surface area contributed by atoms with Crippen LogP contribution in [0.3, 0.4) is 0 Å². The van der Waals surface area contributed by atoms with Crippen LogP contribution in [0.25, 0.3) is 0 Å². The van der Waals surface area contributed by atoms with Gasteiger partial charge >= 0.3 is 0 Å². The van der Waals surface area contributed by atoms with Crippen LogP contribution in [-0.2, 0) is 11.3 Å². The Morgan fingerprint density at radius 1 is 1.33 bits per heavy atom. The normalized spacial score (nSPS) is 27.1. The van der Waals surface area contributed by atoms with Gasteiger partial charge in [0.05, 0.1) is 12.7 Å². The molecule has 2 atom stereocenters. The van der Waals surface area contributed by atoms with Gasteiger partial charge in [-0.1, -0.05) is 30.3 Å². The molecule has 2 N–H and O–H groups in total. The van der Waals surface area contributed by atoms with Gasteiger partial charge in [0.15, 0.2) is 0 Å². The number of hydrogen-bond acceptors (Lipinski definition) is 3. The van der Waals surface area contributed by atoms with Crippen molar-refractivity contribution in [2.45, 2.75) is 18.8 Å². The van der Waals surface area contributed by atoms with Gasteiger partial charge < -0.3 is 15.4 Å². The monoisotopic (exact) mass is 206 g/mol. The SMILES string of the molecule is CN1C[C@@H](N)[C@H](OCc2ccccc2)C1. The highest BCUT2D eigenvalue weighted by atomic mass is 16.5. The number of hydrogen-bond donors (Lipinski definition) is 1. The van der Waals surface area contributed by atoms with Crippen molar-refractivity contribution in [3.8, 4) is 0 Å². The van der Waals surface area contributed by atoms with Crippen LogP contribution < -0.4 is 5.73 Å². The van der Waals surface area contributed by atoms with Gasteiger partial charge in [0, 0.05) is 19.1 Å². The lowest BCUT2D eigenvalue weighted by molar-refractivity contribution is 0.0400. The third-order valence-electron chi connectivity index (χ3n) is 2.80. The van der Waals surface area contributed by atoms with E-state index in [0.29, 0.717) is 6.61 Å². The Balaban J connectivity index is 1.84. The first-order valence-electron chi connectivity index (χ1n) is 5.35. The summed E-state index contributed by atoms with van der Waals surface area (Å²) in [6.07, 6.45) is 0.176. The van der Waals surface area contributed by atoms with Crippen molar-refractivity contribution in [3.63, 3.8) is 0 Å². The highest BCUT2D eigenvalue weighted by molar-refractivity contribution is 5.13. The molecule has 82 valence electrons. The predicted molar refractivity (Wildman–Crippen MR) is 60.5 cm³/mol. The van der Waals surface area contributed by atoms with Crippen molar-refractivity contribution >= 4 is 0 Å². The standard InChI is InChI=1S/C12H18N2O/c1-14-7-11(13)12(8-14)15-9-10-5-3-2-4-6-10/h2-6,11-12H,7-9,13H2,1H3/t11-,12-/m1/s1. The first-order chi connectivity index (χ1) is 7.25. The highest BCUT2D eigenvalue weighted by Crippen LogP contribution is 2.12. The fourth-order valence-electron chi connectivity index (χ4n) is 1.95. The largest absolute Gasteiger partial charge is 0.371 e. The van der Waals surface area contributed by atoms with Gasteiger partial charge in [0.1, 0.15) is 0 Å². The fourth-order valence-corrected chi connectivity index (χ4v) is 1.95. The van der Waals surface area contributed by atoms with Crippen molar-refractivity contribution in [2.24, 2.45) is 5.73 Å². The van der Waals surface area contributed by atoms with Crippen molar-refractivity contribution < 1.29 is 4.74 Å². The molecule has 1 heterocycles.